The molecule has 0 aliphatic carbocycles. The van der Waals surface area contributed by atoms with Gasteiger partial charge in [0.15, 0.2) is 0 Å². The second-order valence-corrected chi connectivity index (χ2v) is 5.98. The standard InChI is InChI=1S/C13H19BrClN3/c1-16-6-5-11-4-2-3-7-18(11)13-12(14)8-10(15)9-17-13/h8-9,11,16H,2-7H2,1H3. The molecule has 1 aromatic rings. The lowest BCUT2D eigenvalue weighted by Gasteiger charge is -2.37. The van der Waals surface area contributed by atoms with Crippen LogP contribution in [0.1, 0.15) is 25.7 Å². The molecule has 5 heteroatoms. The van der Waals surface area contributed by atoms with Crippen molar-refractivity contribution in [3.63, 3.8) is 0 Å². The highest BCUT2D eigenvalue weighted by atomic mass is 79.9. The van der Waals surface area contributed by atoms with Gasteiger partial charge in [0.1, 0.15) is 5.82 Å². The highest BCUT2D eigenvalue weighted by Crippen LogP contribution is 2.31. The molecule has 0 radical (unpaired) electrons. The molecule has 1 fully saturated rings. The monoisotopic (exact) mass is 331 g/mol. The number of hydrogen-bond acceptors (Lipinski definition) is 3. The van der Waals surface area contributed by atoms with Crippen molar-refractivity contribution in [2.45, 2.75) is 31.7 Å². The number of hydrogen-bond donors (Lipinski definition) is 1. The second kappa shape index (κ2) is 6.73. The number of piperidine rings is 1. The molecule has 0 saturated carbocycles. The van der Waals surface area contributed by atoms with E-state index in [0.29, 0.717) is 11.1 Å². The van der Waals surface area contributed by atoms with Crippen molar-refractivity contribution >= 4 is 33.3 Å². The quantitative estimate of drug-likeness (QED) is 0.915. The number of halogens is 2. The van der Waals surface area contributed by atoms with E-state index in [0.717, 1.165) is 29.8 Å². The summed E-state index contributed by atoms with van der Waals surface area (Å²) in [7, 11) is 2.00. The molecule has 1 aliphatic rings. The van der Waals surface area contributed by atoms with Crippen molar-refractivity contribution in [1.29, 1.82) is 0 Å². The number of nitrogens with one attached hydrogen (secondary N) is 1. The Morgan fingerprint density at radius 1 is 1.56 bits per heavy atom. The van der Waals surface area contributed by atoms with Crippen LogP contribution in [0.4, 0.5) is 5.82 Å². The first-order valence-electron chi connectivity index (χ1n) is 6.44. The summed E-state index contributed by atoms with van der Waals surface area (Å²) in [6.07, 6.45) is 6.69. The SMILES string of the molecule is CNCCC1CCCCN1c1ncc(Cl)cc1Br. The normalized spacial score (nSPS) is 20.2. The summed E-state index contributed by atoms with van der Waals surface area (Å²) in [6, 6.07) is 2.50. The van der Waals surface area contributed by atoms with E-state index in [2.05, 4.69) is 31.1 Å². The second-order valence-electron chi connectivity index (χ2n) is 4.69. The van der Waals surface area contributed by atoms with Crippen LogP contribution in [-0.4, -0.2) is 31.2 Å². The Morgan fingerprint density at radius 3 is 3.11 bits per heavy atom. The van der Waals surface area contributed by atoms with E-state index in [9.17, 15) is 0 Å². The van der Waals surface area contributed by atoms with E-state index >= 15 is 0 Å². The molecule has 100 valence electrons. The molecule has 1 unspecified atom stereocenters. The number of aromatic nitrogens is 1. The lowest BCUT2D eigenvalue weighted by Crippen LogP contribution is -2.41. The van der Waals surface area contributed by atoms with Gasteiger partial charge in [0, 0.05) is 18.8 Å². The van der Waals surface area contributed by atoms with Crippen LogP contribution in [0, 0.1) is 0 Å². The predicted octanol–water partition coefficient (Wildman–Crippen LogP) is 3.47. The first-order valence-corrected chi connectivity index (χ1v) is 7.61. The smallest absolute Gasteiger partial charge is 0.143 e. The molecule has 1 aliphatic heterocycles. The Balaban J connectivity index is 2.16. The fourth-order valence-corrected chi connectivity index (χ4v) is 3.38. The van der Waals surface area contributed by atoms with E-state index < -0.39 is 0 Å². The van der Waals surface area contributed by atoms with Crippen LogP contribution in [0.5, 0.6) is 0 Å². The Bertz CT molecular complexity index is 400. The third kappa shape index (κ3) is 3.37. The molecule has 1 atom stereocenters. The van der Waals surface area contributed by atoms with Crippen molar-refractivity contribution in [1.82, 2.24) is 10.3 Å². The molecular weight excluding hydrogens is 314 g/mol. The Labute approximate surface area is 122 Å². The molecule has 18 heavy (non-hydrogen) atoms. The van der Waals surface area contributed by atoms with E-state index in [-0.39, 0.29) is 0 Å². The lowest BCUT2D eigenvalue weighted by atomic mass is 9.99. The third-order valence-corrected chi connectivity index (χ3v) is 4.21. The summed E-state index contributed by atoms with van der Waals surface area (Å²) in [5, 5.41) is 3.91. The molecule has 1 aromatic heterocycles. The molecule has 2 heterocycles. The van der Waals surface area contributed by atoms with E-state index in [4.69, 9.17) is 11.6 Å². The van der Waals surface area contributed by atoms with E-state index in [1.54, 1.807) is 6.20 Å². The van der Waals surface area contributed by atoms with Gasteiger partial charge in [0.25, 0.3) is 0 Å². The maximum Gasteiger partial charge on any atom is 0.143 e. The molecule has 2 rings (SSSR count). The molecule has 0 amide bonds. The van der Waals surface area contributed by atoms with Crippen LogP contribution in [0.3, 0.4) is 0 Å². The van der Waals surface area contributed by atoms with Gasteiger partial charge in [-0.25, -0.2) is 4.98 Å². The van der Waals surface area contributed by atoms with Crippen molar-refractivity contribution < 1.29 is 0 Å². The van der Waals surface area contributed by atoms with Crippen LogP contribution in [0.25, 0.3) is 0 Å². The Hall–Kier alpha value is -0.320. The third-order valence-electron chi connectivity index (χ3n) is 3.42. The molecule has 0 bridgehead atoms. The first-order chi connectivity index (χ1) is 8.72. The van der Waals surface area contributed by atoms with Gasteiger partial charge in [-0.15, -0.1) is 0 Å². The fraction of sp³-hybridized carbons (Fsp3) is 0.615. The first kappa shape index (κ1) is 14.1. The van der Waals surface area contributed by atoms with Crippen LogP contribution in [-0.2, 0) is 0 Å². The average molecular weight is 333 g/mol. The lowest BCUT2D eigenvalue weighted by molar-refractivity contribution is 0.430. The van der Waals surface area contributed by atoms with Gasteiger partial charge in [0.05, 0.1) is 9.50 Å². The molecule has 3 nitrogen and oxygen atoms in total. The van der Waals surface area contributed by atoms with Gasteiger partial charge in [-0.3, -0.25) is 0 Å². The number of anilines is 1. The van der Waals surface area contributed by atoms with E-state index in [1.165, 1.54) is 19.3 Å². The highest BCUT2D eigenvalue weighted by Gasteiger charge is 2.24. The Morgan fingerprint density at radius 2 is 2.39 bits per heavy atom. The summed E-state index contributed by atoms with van der Waals surface area (Å²) in [4.78, 5) is 6.90. The number of nitrogens with zero attached hydrogens (tertiary/aromatic N) is 2. The minimum absolute atomic E-state index is 0.580. The van der Waals surface area contributed by atoms with Crippen LogP contribution in [0.2, 0.25) is 5.02 Å². The fourth-order valence-electron chi connectivity index (χ4n) is 2.51. The zero-order valence-corrected chi connectivity index (χ0v) is 13.0. The summed E-state index contributed by atoms with van der Waals surface area (Å²) < 4.78 is 0.992. The van der Waals surface area contributed by atoms with Crippen molar-refractivity contribution in [2.75, 3.05) is 25.0 Å². The van der Waals surface area contributed by atoms with Crippen molar-refractivity contribution in [3.8, 4) is 0 Å². The Kier molecular flexibility index (Phi) is 5.27. The minimum Gasteiger partial charge on any atom is -0.353 e. The molecule has 0 spiro atoms. The highest BCUT2D eigenvalue weighted by molar-refractivity contribution is 9.10. The van der Waals surface area contributed by atoms with Gasteiger partial charge in [0.2, 0.25) is 0 Å². The average Bonchev–Trinajstić information content (AvgIpc) is 2.37. The molecule has 1 N–H and O–H groups in total. The van der Waals surface area contributed by atoms with Gasteiger partial charge in [-0.1, -0.05) is 11.6 Å². The summed E-state index contributed by atoms with van der Waals surface area (Å²) >= 11 is 9.53. The molecule has 0 aromatic carbocycles. The topological polar surface area (TPSA) is 28.2 Å². The summed E-state index contributed by atoms with van der Waals surface area (Å²) in [5.41, 5.74) is 0. The van der Waals surface area contributed by atoms with Crippen LogP contribution < -0.4 is 10.2 Å². The van der Waals surface area contributed by atoms with Crippen LogP contribution in [0.15, 0.2) is 16.7 Å². The largest absolute Gasteiger partial charge is 0.353 e. The van der Waals surface area contributed by atoms with Gasteiger partial charge >= 0.3 is 0 Å². The summed E-state index contributed by atoms with van der Waals surface area (Å²) in [5.74, 6) is 1.03. The number of pyridine rings is 1. The van der Waals surface area contributed by atoms with Gasteiger partial charge < -0.3 is 10.2 Å². The zero-order valence-electron chi connectivity index (χ0n) is 10.6. The minimum atomic E-state index is 0.580. The number of rotatable bonds is 4. The summed E-state index contributed by atoms with van der Waals surface area (Å²) in [6.45, 7) is 2.13. The zero-order chi connectivity index (χ0) is 13.0. The van der Waals surface area contributed by atoms with Crippen molar-refractivity contribution in [3.05, 3.63) is 21.8 Å². The van der Waals surface area contributed by atoms with Gasteiger partial charge in [-0.2, -0.15) is 0 Å². The maximum absolute atomic E-state index is 5.95. The molecule has 1 saturated heterocycles. The van der Waals surface area contributed by atoms with Crippen molar-refractivity contribution in [2.24, 2.45) is 0 Å². The van der Waals surface area contributed by atoms with E-state index in [1.807, 2.05) is 13.1 Å². The predicted molar refractivity (Wildman–Crippen MR) is 80.5 cm³/mol. The van der Waals surface area contributed by atoms with Crippen LogP contribution >= 0.6 is 27.5 Å². The maximum atomic E-state index is 5.95. The van der Waals surface area contributed by atoms with Gasteiger partial charge in [-0.05, 0) is 61.3 Å². The molecular formula is C13H19BrClN3.